The van der Waals surface area contributed by atoms with Gasteiger partial charge in [0.2, 0.25) is 0 Å². The number of methoxy groups -OCH3 is 1. The van der Waals surface area contributed by atoms with Gasteiger partial charge in [-0.25, -0.2) is 0 Å². The van der Waals surface area contributed by atoms with Crippen molar-refractivity contribution in [2.45, 2.75) is 41.5 Å². The van der Waals surface area contributed by atoms with Crippen LogP contribution in [0.3, 0.4) is 0 Å². The van der Waals surface area contributed by atoms with Crippen molar-refractivity contribution in [2.24, 2.45) is 0 Å². The number of nitrogens with zero attached hydrogens (tertiary/aromatic N) is 2. The predicted molar refractivity (Wildman–Crippen MR) is 157 cm³/mol. The third-order valence-electron chi connectivity index (χ3n) is 6.23. The molecule has 4 nitrogen and oxygen atoms in total. The summed E-state index contributed by atoms with van der Waals surface area (Å²) in [6.07, 6.45) is 0. The molecule has 0 aromatic heterocycles. The molecule has 3 aromatic carbocycles. The summed E-state index contributed by atoms with van der Waals surface area (Å²) in [7, 11) is 13.1. The molecule has 1 aliphatic rings. The van der Waals surface area contributed by atoms with E-state index in [9.17, 15) is 0 Å². The molecular weight excluding hydrogens is 592 g/mol. The molecule has 1 N–H and O–H groups in total. The van der Waals surface area contributed by atoms with Crippen LogP contribution in [-0.2, 0) is 15.1 Å². The van der Waals surface area contributed by atoms with Gasteiger partial charge in [-0.15, -0.1) is 6.07 Å². The average Bonchev–Trinajstić information content (AvgIpc) is 3.27. The number of hydrogen-bond donors (Lipinski definition) is 0. The quantitative estimate of drug-likeness (QED) is 0.166. The van der Waals surface area contributed by atoms with Crippen LogP contribution in [0.4, 0.5) is 11.4 Å². The van der Waals surface area contributed by atoms with Crippen LogP contribution in [0.5, 0.6) is 11.5 Å². The average molecular weight is 632 g/mol. The van der Waals surface area contributed by atoms with Crippen molar-refractivity contribution in [3.63, 3.8) is 0 Å². The molecule has 0 unspecified atom stereocenters. The topological polar surface area (TPSA) is 28.5 Å². The number of hydrogen-bond acceptors (Lipinski definition) is 3. The Bertz CT molecular complexity index is 1080. The second-order valence-corrected chi connectivity index (χ2v) is 11.9. The number of benzene rings is 3. The summed E-state index contributed by atoms with van der Waals surface area (Å²) in [5, 5.41) is 0. The molecule has 1 aliphatic heterocycles. The van der Waals surface area contributed by atoms with Crippen molar-refractivity contribution >= 4 is 30.8 Å². The fourth-order valence-corrected chi connectivity index (χ4v) is 5.00. The first-order chi connectivity index (χ1) is 17.6. The SMILES string of the molecule is Cc1cc(C)c(N2[CH-]N(c3c(C)cc(C)cc3C)CC2)c(C)c1.[CH2-]c1cc(OC)ccc1[OH+]C.[Cl][Ru+2][Cl]. The summed E-state index contributed by atoms with van der Waals surface area (Å²) in [4.78, 5) is 4.81. The Hall–Kier alpha value is -2.07. The molecule has 0 atom stereocenters. The number of rotatable bonds is 4. The molecular formula is C30H39Cl2N2O2Ru+. The van der Waals surface area contributed by atoms with E-state index in [1.807, 2.05) is 18.2 Å². The number of aryl methyl sites for hydroxylation is 6. The molecule has 4 rings (SSSR count). The van der Waals surface area contributed by atoms with Crippen LogP contribution in [-0.4, -0.2) is 32.0 Å². The Morgan fingerprint density at radius 2 is 1.22 bits per heavy atom. The van der Waals surface area contributed by atoms with Crippen molar-refractivity contribution in [3.8, 4) is 11.5 Å². The molecule has 3 aromatic rings. The molecule has 1 fully saturated rings. The maximum atomic E-state index is 5.01. The molecule has 0 radical (unpaired) electrons. The Labute approximate surface area is 239 Å². The van der Waals surface area contributed by atoms with Gasteiger partial charge in [-0.1, -0.05) is 41.0 Å². The van der Waals surface area contributed by atoms with Gasteiger partial charge in [0.05, 0.1) is 12.9 Å². The normalized spacial score (nSPS) is 12.4. The number of aromatic hydroxyl groups is 1. The molecule has 37 heavy (non-hydrogen) atoms. The van der Waals surface area contributed by atoms with E-state index in [0.717, 1.165) is 30.2 Å². The zero-order chi connectivity index (χ0) is 27.7. The van der Waals surface area contributed by atoms with Gasteiger partial charge >= 0.3 is 34.5 Å². The van der Waals surface area contributed by atoms with Gasteiger partial charge in [-0.2, -0.15) is 13.6 Å². The number of aliphatic hydroxyl groups is 1. The first-order valence-electron chi connectivity index (χ1n) is 12.0. The molecule has 1 heterocycles. The summed E-state index contributed by atoms with van der Waals surface area (Å²) in [6.45, 7) is 21.4. The van der Waals surface area contributed by atoms with Crippen LogP contribution >= 0.6 is 19.4 Å². The van der Waals surface area contributed by atoms with Gasteiger partial charge in [0, 0.05) is 24.5 Å². The summed E-state index contributed by atoms with van der Waals surface area (Å²) < 4.78 is 9.04. The van der Waals surface area contributed by atoms with Gasteiger partial charge in [-0.3, -0.25) is 0 Å². The standard InChI is InChI=1S/C21H27N2.C9H11O2.2ClH.Ru/c1-14-9-16(3)20(17(4)10-14)22-7-8-23(13-22)21-18(5)11-15(2)12-19(21)6;1-7-6-8(10-2)4-5-9(7)11-3;;;/h9-13H,7-8H2,1-6H3;4-6H,1H2,2-3H3;2*1H;/q2*-1;;;+4/p-1. The Morgan fingerprint density at radius 1 is 0.811 bits per heavy atom. The van der Waals surface area contributed by atoms with Crippen LogP contribution in [0, 0.1) is 55.1 Å². The minimum absolute atomic E-state index is 0.346. The molecule has 0 spiro atoms. The van der Waals surface area contributed by atoms with Crippen LogP contribution in [0.1, 0.15) is 38.9 Å². The van der Waals surface area contributed by atoms with Gasteiger partial charge in [0.1, 0.15) is 0 Å². The second kappa shape index (κ2) is 14.8. The summed E-state index contributed by atoms with van der Waals surface area (Å²) in [5.41, 5.74) is 11.7. The fourth-order valence-electron chi connectivity index (χ4n) is 5.00. The number of ether oxygens (including phenoxy) is 2. The zero-order valence-corrected chi connectivity index (χ0v) is 26.3. The van der Waals surface area contributed by atoms with Crippen LogP contribution < -0.4 is 14.5 Å². The summed E-state index contributed by atoms with van der Waals surface area (Å²) >= 11 is -0.346. The first kappa shape index (κ1) is 31.2. The molecule has 202 valence electrons. The molecule has 0 bridgehead atoms. The molecule has 0 aliphatic carbocycles. The van der Waals surface area contributed by atoms with E-state index < -0.39 is 0 Å². The van der Waals surface area contributed by atoms with Gasteiger partial charge in [0.25, 0.3) is 0 Å². The third-order valence-corrected chi connectivity index (χ3v) is 6.23. The fraction of sp³-hybridized carbons (Fsp3) is 0.333. The van der Waals surface area contributed by atoms with Crippen molar-refractivity contribution in [2.75, 3.05) is 37.1 Å². The van der Waals surface area contributed by atoms with E-state index in [2.05, 4.69) is 93.9 Å². The van der Waals surface area contributed by atoms with Crippen LogP contribution in [0.15, 0.2) is 42.5 Å². The predicted octanol–water partition coefficient (Wildman–Crippen LogP) is 8.11. The van der Waals surface area contributed by atoms with E-state index >= 15 is 0 Å². The van der Waals surface area contributed by atoms with E-state index in [1.54, 1.807) is 14.2 Å². The first-order valence-corrected chi connectivity index (χ1v) is 16.5. The van der Waals surface area contributed by atoms with Crippen molar-refractivity contribution in [3.05, 3.63) is 95.0 Å². The van der Waals surface area contributed by atoms with Gasteiger partial charge in [-0.05, 0) is 75.9 Å². The third kappa shape index (κ3) is 8.47. The molecule has 7 heteroatoms. The summed E-state index contributed by atoms with van der Waals surface area (Å²) in [5.74, 6) is 1.73. The maximum absolute atomic E-state index is 5.01. The minimum atomic E-state index is -0.346. The Balaban J connectivity index is 0.000000287. The molecule has 0 saturated carbocycles. The molecule has 1 saturated heterocycles. The molecule has 0 amide bonds. The van der Waals surface area contributed by atoms with E-state index in [1.165, 1.54) is 44.8 Å². The second-order valence-electron chi connectivity index (χ2n) is 9.27. The van der Waals surface area contributed by atoms with E-state index in [0.29, 0.717) is 0 Å². The number of halogens is 2. The van der Waals surface area contributed by atoms with Crippen molar-refractivity contribution in [1.29, 1.82) is 0 Å². The van der Waals surface area contributed by atoms with Crippen molar-refractivity contribution < 1.29 is 24.6 Å². The summed E-state index contributed by atoms with van der Waals surface area (Å²) in [6, 6.07) is 14.7. The van der Waals surface area contributed by atoms with Gasteiger partial charge < -0.3 is 19.3 Å². The Kier molecular flexibility index (Phi) is 12.4. The Morgan fingerprint density at radius 3 is 1.54 bits per heavy atom. The van der Waals surface area contributed by atoms with Crippen LogP contribution in [0.2, 0.25) is 0 Å². The van der Waals surface area contributed by atoms with Crippen molar-refractivity contribution in [1.82, 2.24) is 0 Å². The monoisotopic (exact) mass is 631 g/mol. The van der Waals surface area contributed by atoms with Crippen LogP contribution in [0.25, 0.3) is 0 Å². The van der Waals surface area contributed by atoms with E-state index in [4.69, 9.17) is 24.1 Å². The van der Waals surface area contributed by atoms with Gasteiger partial charge in [0.15, 0.2) is 12.9 Å². The number of anilines is 2. The zero-order valence-electron chi connectivity index (χ0n) is 23.1. The van der Waals surface area contributed by atoms with E-state index in [-0.39, 0.29) is 15.1 Å².